The molecule has 0 fully saturated rings. The van der Waals surface area contributed by atoms with Gasteiger partial charge in [0.05, 0.1) is 18.8 Å². The summed E-state index contributed by atoms with van der Waals surface area (Å²) >= 11 is 0. The first-order valence-corrected chi connectivity index (χ1v) is 8.31. The van der Waals surface area contributed by atoms with Gasteiger partial charge in [-0.3, -0.25) is 9.59 Å². The summed E-state index contributed by atoms with van der Waals surface area (Å²) in [6.07, 6.45) is -0.713. The van der Waals surface area contributed by atoms with Crippen molar-refractivity contribution >= 4 is 17.3 Å². The van der Waals surface area contributed by atoms with Gasteiger partial charge in [-0.25, -0.2) is 9.37 Å². The molecule has 0 saturated heterocycles. The van der Waals surface area contributed by atoms with Crippen LogP contribution in [-0.2, 0) is 17.9 Å². The van der Waals surface area contributed by atoms with Gasteiger partial charge in [0, 0.05) is 11.8 Å². The molecule has 2 atom stereocenters. The van der Waals surface area contributed by atoms with E-state index in [2.05, 4.69) is 10.3 Å². The maximum atomic E-state index is 13.4. The molecule has 0 unspecified atom stereocenters. The lowest BCUT2D eigenvalue weighted by atomic mass is 10.0. The third kappa shape index (κ3) is 3.05. The summed E-state index contributed by atoms with van der Waals surface area (Å²) in [4.78, 5) is 29.6. The van der Waals surface area contributed by atoms with E-state index in [4.69, 9.17) is 9.84 Å². The first kappa shape index (κ1) is 17.5. The number of allylic oxidation sites excluding steroid dienone is 2. The summed E-state index contributed by atoms with van der Waals surface area (Å²) in [7, 11) is 0. The van der Waals surface area contributed by atoms with Crippen LogP contribution >= 0.6 is 0 Å². The standard InChI is InChI=1S/C18H16FN3O5/c19-9-2-1-3-10(4-9)20-11-5-12(24)16-17(18(11)26)22-6-14(13(25)7-23)27-8-15(22)21-16/h1-5,13-14,20,23,25H,6-8H2/t13-,14+/m1/s1. The molecule has 8 nitrogen and oxygen atoms in total. The third-order valence-corrected chi connectivity index (χ3v) is 4.52. The van der Waals surface area contributed by atoms with E-state index in [9.17, 15) is 19.1 Å². The van der Waals surface area contributed by atoms with Crippen LogP contribution < -0.4 is 5.32 Å². The van der Waals surface area contributed by atoms with Gasteiger partial charge < -0.3 is 24.8 Å². The molecule has 2 heterocycles. The Morgan fingerprint density at radius 2 is 2.22 bits per heavy atom. The van der Waals surface area contributed by atoms with E-state index >= 15 is 0 Å². The maximum absolute atomic E-state index is 13.4. The van der Waals surface area contributed by atoms with E-state index in [1.165, 1.54) is 22.8 Å². The Hall–Kier alpha value is -2.88. The summed E-state index contributed by atoms with van der Waals surface area (Å²) in [5.74, 6) is -1.00. The molecular weight excluding hydrogens is 357 g/mol. The molecule has 3 N–H and O–H groups in total. The van der Waals surface area contributed by atoms with Crippen molar-refractivity contribution in [1.29, 1.82) is 0 Å². The van der Waals surface area contributed by atoms with Crippen molar-refractivity contribution < 1.29 is 28.9 Å². The number of fused-ring (bicyclic) bond motifs is 3. The number of ether oxygens (including phenoxy) is 1. The van der Waals surface area contributed by atoms with E-state index < -0.39 is 36.2 Å². The van der Waals surface area contributed by atoms with Gasteiger partial charge in [0.2, 0.25) is 11.6 Å². The van der Waals surface area contributed by atoms with E-state index in [1.54, 1.807) is 6.07 Å². The number of anilines is 1. The molecular formula is C18H16FN3O5. The van der Waals surface area contributed by atoms with Crippen LogP contribution in [0.15, 0.2) is 36.0 Å². The Balaban J connectivity index is 1.67. The lowest BCUT2D eigenvalue weighted by Crippen LogP contribution is -2.40. The van der Waals surface area contributed by atoms with Crippen LogP contribution in [-0.4, -0.2) is 50.1 Å². The average Bonchev–Trinajstić information content (AvgIpc) is 3.05. The van der Waals surface area contributed by atoms with Crippen LogP contribution in [0.4, 0.5) is 10.1 Å². The van der Waals surface area contributed by atoms with Crippen molar-refractivity contribution in [2.75, 3.05) is 11.9 Å². The highest BCUT2D eigenvalue weighted by molar-refractivity contribution is 6.24. The summed E-state index contributed by atoms with van der Waals surface area (Å²) in [5, 5.41) is 21.7. The topological polar surface area (TPSA) is 114 Å². The predicted molar refractivity (Wildman–Crippen MR) is 90.7 cm³/mol. The first-order valence-electron chi connectivity index (χ1n) is 8.31. The quantitative estimate of drug-likeness (QED) is 0.721. The van der Waals surface area contributed by atoms with Crippen LogP contribution in [0.3, 0.4) is 0 Å². The zero-order valence-electron chi connectivity index (χ0n) is 14.1. The zero-order valence-corrected chi connectivity index (χ0v) is 14.1. The van der Waals surface area contributed by atoms with Crippen LogP contribution in [0.1, 0.15) is 26.8 Å². The molecule has 4 rings (SSSR count). The molecule has 0 radical (unpaired) electrons. The fourth-order valence-corrected chi connectivity index (χ4v) is 3.18. The van der Waals surface area contributed by atoms with E-state index in [1.807, 2.05) is 0 Å². The number of nitrogens with one attached hydrogen (secondary N) is 1. The molecule has 0 spiro atoms. The number of hydrogen-bond donors (Lipinski definition) is 3. The summed E-state index contributed by atoms with van der Waals surface area (Å²) in [6.45, 7) is -0.413. The second-order valence-corrected chi connectivity index (χ2v) is 6.32. The van der Waals surface area contributed by atoms with Crippen molar-refractivity contribution in [3.63, 3.8) is 0 Å². The summed E-state index contributed by atoms with van der Waals surface area (Å²) in [5.41, 5.74) is 0.449. The number of rotatable bonds is 4. The second-order valence-electron chi connectivity index (χ2n) is 6.32. The number of benzene rings is 1. The highest BCUT2D eigenvalue weighted by Gasteiger charge is 2.36. The molecule has 0 saturated carbocycles. The number of imidazole rings is 1. The molecule has 2 aliphatic rings. The number of ketones is 2. The number of carbonyl (C=O) groups is 2. The number of halogens is 1. The SMILES string of the molecule is O=C1C=C(Nc2cccc(F)c2)C(=O)c2c1nc1n2C[C@@H]([C@H](O)CO)OC1. The summed E-state index contributed by atoms with van der Waals surface area (Å²) < 4.78 is 20.4. The lowest BCUT2D eigenvalue weighted by molar-refractivity contribution is -0.0873. The highest BCUT2D eigenvalue weighted by atomic mass is 19.1. The maximum Gasteiger partial charge on any atom is 0.228 e. The molecule has 9 heteroatoms. The minimum Gasteiger partial charge on any atom is -0.394 e. The Labute approximate surface area is 152 Å². The Morgan fingerprint density at radius 1 is 1.41 bits per heavy atom. The van der Waals surface area contributed by atoms with Gasteiger partial charge in [-0.15, -0.1) is 0 Å². The fraction of sp³-hybridized carbons (Fsp3) is 0.278. The molecule has 1 aromatic carbocycles. The molecule has 0 bridgehead atoms. The first-order chi connectivity index (χ1) is 13.0. The van der Waals surface area contributed by atoms with Gasteiger partial charge in [0.25, 0.3) is 0 Å². The molecule has 140 valence electrons. The predicted octanol–water partition coefficient (Wildman–Crippen LogP) is 0.649. The lowest BCUT2D eigenvalue weighted by Gasteiger charge is -2.28. The zero-order chi connectivity index (χ0) is 19.1. The monoisotopic (exact) mass is 373 g/mol. The Bertz CT molecular complexity index is 968. The number of aliphatic hydroxyl groups is 2. The molecule has 2 aromatic rings. The van der Waals surface area contributed by atoms with Crippen LogP contribution in [0.5, 0.6) is 0 Å². The number of hydrogen-bond acceptors (Lipinski definition) is 7. The largest absolute Gasteiger partial charge is 0.394 e. The van der Waals surface area contributed by atoms with Gasteiger partial charge in [-0.1, -0.05) is 6.07 Å². The van der Waals surface area contributed by atoms with Crippen molar-refractivity contribution in [2.24, 2.45) is 0 Å². The number of Topliss-reactive ketones (excluding diaryl/α,β-unsaturated/α-hetero) is 1. The van der Waals surface area contributed by atoms with Crippen molar-refractivity contribution in [1.82, 2.24) is 9.55 Å². The normalized spacial score (nSPS) is 20.0. The minimum atomic E-state index is -1.12. The molecule has 27 heavy (non-hydrogen) atoms. The van der Waals surface area contributed by atoms with Gasteiger partial charge in [0.15, 0.2) is 0 Å². The third-order valence-electron chi connectivity index (χ3n) is 4.52. The minimum absolute atomic E-state index is 0.00193. The number of aliphatic hydroxyl groups excluding tert-OH is 2. The number of carbonyl (C=O) groups excluding carboxylic acids is 2. The van der Waals surface area contributed by atoms with Crippen LogP contribution in [0.25, 0.3) is 0 Å². The van der Waals surface area contributed by atoms with Crippen molar-refractivity contribution in [3.8, 4) is 0 Å². The van der Waals surface area contributed by atoms with Crippen LogP contribution in [0, 0.1) is 5.82 Å². The van der Waals surface area contributed by atoms with Gasteiger partial charge in [-0.05, 0) is 18.2 Å². The average molecular weight is 373 g/mol. The Kier molecular flexibility index (Phi) is 4.34. The molecule has 1 aromatic heterocycles. The Morgan fingerprint density at radius 3 is 2.96 bits per heavy atom. The summed E-state index contributed by atoms with van der Waals surface area (Å²) in [6, 6.07) is 5.54. The smallest absolute Gasteiger partial charge is 0.228 e. The van der Waals surface area contributed by atoms with Gasteiger partial charge >= 0.3 is 0 Å². The molecule has 1 aliphatic heterocycles. The van der Waals surface area contributed by atoms with Gasteiger partial charge in [0.1, 0.15) is 41.8 Å². The van der Waals surface area contributed by atoms with Crippen molar-refractivity contribution in [3.05, 3.63) is 59.1 Å². The van der Waals surface area contributed by atoms with Gasteiger partial charge in [-0.2, -0.15) is 0 Å². The molecule has 0 amide bonds. The van der Waals surface area contributed by atoms with Crippen LogP contribution in [0.2, 0.25) is 0 Å². The number of nitrogens with zero attached hydrogens (tertiary/aromatic N) is 2. The fourth-order valence-electron chi connectivity index (χ4n) is 3.18. The number of aromatic nitrogens is 2. The van der Waals surface area contributed by atoms with E-state index in [0.717, 1.165) is 6.08 Å². The van der Waals surface area contributed by atoms with E-state index in [-0.39, 0.29) is 30.2 Å². The van der Waals surface area contributed by atoms with Crippen molar-refractivity contribution in [2.45, 2.75) is 25.4 Å². The highest BCUT2D eigenvalue weighted by Crippen LogP contribution is 2.27. The molecule has 1 aliphatic carbocycles. The van der Waals surface area contributed by atoms with E-state index in [0.29, 0.717) is 11.5 Å². The second kappa shape index (κ2) is 6.69.